The van der Waals surface area contributed by atoms with E-state index in [0.29, 0.717) is 42.8 Å². The number of unbranched alkanes of at least 4 members (excludes halogenated alkanes) is 1. The lowest BCUT2D eigenvalue weighted by atomic mass is 9.78. The lowest BCUT2D eigenvalue weighted by molar-refractivity contribution is -0.153. The molecule has 13 heteroatoms. The van der Waals surface area contributed by atoms with Crippen LogP contribution in [0.1, 0.15) is 82.1 Å². The molecular weight excluding hydrogens is 532 g/mol. The first kappa shape index (κ1) is 31.7. The van der Waals surface area contributed by atoms with E-state index in [9.17, 15) is 24.3 Å². The van der Waals surface area contributed by atoms with Gasteiger partial charge >= 0.3 is 5.97 Å². The van der Waals surface area contributed by atoms with Crippen LogP contribution in [0.4, 0.5) is 5.69 Å². The fourth-order valence-electron chi connectivity index (χ4n) is 4.98. The van der Waals surface area contributed by atoms with E-state index in [4.69, 9.17) is 9.94 Å². The zero-order valence-corrected chi connectivity index (χ0v) is 23.4. The molecule has 1 fully saturated rings. The molecule has 1 saturated carbocycles. The van der Waals surface area contributed by atoms with E-state index >= 15 is 0 Å². The van der Waals surface area contributed by atoms with Crippen molar-refractivity contribution < 1.29 is 34.2 Å². The number of carbonyl (C=O) groups is 4. The highest BCUT2D eigenvalue weighted by molar-refractivity contribution is 5.90. The van der Waals surface area contributed by atoms with Crippen molar-refractivity contribution in [2.24, 2.45) is 11.8 Å². The predicted octanol–water partition coefficient (Wildman–Crippen LogP) is 2.39. The predicted molar refractivity (Wildman–Crippen MR) is 147 cm³/mol. The van der Waals surface area contributed by atoms with Crippen molar-refractivity contribution in [2.45, 2.75) is 83.9 Å². The fourth-order valence-corrected chi connectivity index (χ4v) is 4.98. The van der Waals surface area contributed by atoms with Crippen molar-refractivity contribution in [1.82, 2.24) is 25.8 Å². The van der Waals surface area contributed by atoms with Crippen molar-refractivity contribution in [2.75, 3.05) is 11.9 Å². The molecule has 1 aromatic heterocycles. The number of aliphatic hydroxyl groups is 1. The Bertz CT molecular complexity index is 1150. The van der Waals surface area contributed by atoms with Gasteiger partial charge in [-0.1, -0.05) is 36.6 Å². The number of ether oxygens (including phenoxy) is 1. The van der Waals surface area contributed by atoms with Crippen LogP contribution in [0.3, 0.4) is 0 Å². The number of hydrogen-bond donors (Lipinski definition) is 5. The summed E-state index contributed by atoms with van der Waals surface area (Å²) in [5, 5.41) is 32.7. The Kier molecular flexibility index (Phi) is 12.7. The third-order valence-corrected chi connectivity index (χ3v) is 7.18. The number of esters is 1. The molecule has 3 amide bonds. The van der Waals surface area contributed by atoms with Gasteiger partial charge in [-0.15, -0.1) is 5.10 Å². The number of aliphatic hydroxyl groups excluding tert-OH is 1. The summed E-state index contributed by atoms with van der Waals surface area (Å²) in [7, 11) is 0. The maximum absolute atomic E-state index is 12.9. The molecule has 5 N–H and O–H groups in total. The molecule has 0 bridgehead atoms. The summed E-state index contributed by atoms with van der Waals surface area (Å²) < 4.78 is 6.46. The topological polar surface area (TPSA) is 185 Å². The average Bonchev–Trinajstić information content (AvgIpc) is 3.45. The van der Waals surface area contributed by atoms with Crippen LogP contribution in [0.5, 0.6) is 0 Å². The smallest absolute Gasteiger partial charge is 0.339 e. The lowest BCUT2D eigenvalue weighted by Gasteiger charge is -2.28. The van der Waals surface area contributed by atoms with Crippen molar-refractivity contribution in [3.63, 3.8) is 0 Å². The monoisotopic (exact) mass is 572 g/mol. The van der Waals surface area contributed by atoms with Crippen LogP contribution < -0.4 is 16.1 Å². The van der Waals surface area contributed by atoms with Crippen LogP contribution >= 0.6 is 0 Å². The Labute approximate surface area is 239 Å². The van der Waals surface area contributed by atoms with Gasteiger partial charge in [0.05, 0.1) is 19.3 Å². The molecule has 0 radical (unpaired) electrons. The number of aromatic nitrogens is 3. The second-order valence-electron chi connectivity index (χ2n) is 10.2. The van der Waals surface area contributed by atoms with Gasteiger partial charge in [0.2, 0.25) is 17.7 Å². The molecule has 2 atom stereocenters. The van der Waals surface area contributed by atoms with Gasteiger partial charge in [0, 0.05) is 31.0 Å². The third-order valence-electron chi connectivity index (χ3n) is 7.18. The van der Waals surface area contributed by atoms with Gasteiger partial charge in [-0.2, -0.15) is 0 Å². The van der Waals surface area contributed by atoms with Crippen LogP contribution in [0.25, 0.3) is 0 Å². The Morgan fingerprint density at radius 2 is 1.80 bits per heavy atom. The SMILES string of the molecule is CCOC(=O)C(O)c1ccc(NC(=O)CCCCn2cc(CNC(=O)C(CC(=O)NO)C3CCCCC3)nn2)cc1. The zero-order valence-electron chi connectivity index (χ0n) is 23.4. The Morgan fingerprint density at radius 3 is 2.49 bits per heavy atom. The minimum Gasteiger partial charge on any atom is -0.464 e. The highest BCUT2D eigenvalue weighted by Gasteiger charge is 2.31. The molecule has 1 heterocycles. The van der Waals surface area contributed by atoms with Crippen LogP contribution in [0, 0.1) is 11.8 Å². The lowest BCUT2D eigenvalue weighted by Crippen LogP contribution is -2.38. The second kappa shape index (κ2) is 16.4. The van der Waals surface area contributed by atoms with Crippen molar-refractivity contribution in [1.29, 1.82) is 0 Å². The summed E-state index contributed by atoms with van der Waals surface area (Å²) in [6, 6.07) is 6.35. The number of rotatable bonds is 15. The number of amides is 3. The van der Waals surface area contributed by atoms with E-state index in [1.807, 2.05) is 0 Å². The molecule has 3 rings (SSSR count). The minimum atomic E-state index is -1.37. The second-order valence-corrected chi connectivity index (χ2v) is 10.2. The molecule has 13 nitrogen and oxygen atoms in total. The van der Waals surface area contributed by atoms with Crippen LogP contribution in [0.15, 0.2) is 30.5 Å². The summed E-state index contributed by atoms with van der Waals surface area (Å²) in [5.41, 5.74) is 3.15. The largest absolute Gasteiger partial charge is 0.464 e. The molecule has 2 aromatic rings. The summed E-state index contributed by atoms with van der Waals surface area (Å²) in [5.74, 6) is -2.07. The summed E-state index contributed by atoms with van der Waals surface area (Å²) >= 11 is 0. The number of hydroxylamine groups is 1. The number of anilines is 1. The average molecular weight is 573 g/mol. The van der Waals surface area contributed by atoms with Crippen LogP contribution in [0.2, 0.25) is 0 Å². The molecule has 1 aliphatic rings. The number of nitrogens with one attached hydrogen (secondary N) is 3. The van der Waals surface area contributed by atoms with E-state index < -0.39 is 23.9 Å². The summed E-state index contributed by atoms with van der Waals surface area (Å²) in [4.78, 5) is 48.6. The summed E-state index contributed by atoms with van der Waals surface area (Å²) in [6.45, 7) is 2.57. The van der Waals surface area contributed by atoms with E-state index in [1.54, 1.807) is 47.5 Å². The highest BCUT2D eigenvalue weighted by atomic mass is 16.5. The number of nitrogens with zero attached hydrogens (tertiary/aromatic N) is 3. The molecule has 224 valence electrons. The molecular formula is C28H40N6O7. The number of carbonyl (C=O) groups excluding carboxylic acids is 4. The first-order valence-corrected chi connectivity index (χ1v) is 14.1. The maximum atomic E-state index is 12.9. The summed E-state index contributed by atoms with van der Waals surface area (Å²) in [6.07, 6.45) is 6.88. The Hall–Kier alpha value is -3.84. The molecule has 1 aromatic carbocycles. The van der Waals surface area contributed by atoms with Crippen molar-refractivity contribution in [3.8, 4) is 0 Å². The number of aryl methyl sites for hydroxylation is 1. The standard InChI is InChI=1S/C28H40N6O7/c1-2-41-28(39)26(37)20-11-13-21(14-12-20)30-24(35)10-6-7-15-34-18-22(31-33-34)17-29-27(38)23(16-25(36)32-40)19-8-4-3-5-9-19/h11-14,18-19,23,26,37,40H,2-10,15-17H2,1H3,(H,29,38)(H,30,35)(H,32,36). The van der Waals surface area contributed by atoms with E-state index in [1.165, 1.54) is 0 Å². The minimum absolute atomic E-state index is 0.0583. The van der Waals surface area contributed by atoms with Crippen LogP contribution in [-0.4, -0.2) is 55.6 Å². The Morgan fingerprint density at radius 1 is 1.07 bits per heavy atom. The normalized spacial score (nSPS) is 15.0. The first-order valence-electron chi connectivity index (χ1n) is 14.1. The molecule has 2 unspecified atom stereocenters. The fraction of sp³-hybridized carbons (Fsp3) is 0.571. The van der Waals surface area contributed by atoms with Crippen molar-refractivity contribution in [3.05, 3.63) is 41.7 Å². The van der Waals surface area contributed by atoms with Gasteiger partial charge < -0.3 is 20.5 Å². The zero-order chi connectivity index (χ0) is 29.6. The number of hydrogen-bond acceptors (Lipinski definition) is 9. The van der Waals surface area contributed by atoms with Gasteiger partial charge in [-0.25, -0.2) is 10.3 Å². The molecule has 1 aliphatic carbocycles. The first-order chi connectivity index (χ1) is 19.8. The van der Waals surface area contributed by atoms with Gasteiger partial charge in [-0.05, 0) is 56.2 Å². The molecule has 41 heavy (non-hydrogen) atoms. The highest BCUT2D eigenvalue weighted by Crippen LogP contribution is 2.32. The van der Waals surface area contributed by atoms with E-state index in [-0.39, 0.29) is 37.3 Å². The molecule has 0 spiro atoms. The van der Waals surface area contributed by atoms with Gasteiger partial charge in [-0.3, -0.25) is 24.3 Å². The van der Waals surface area contributed by atoms with Gasteiger partial charge in [0.25, 0.3) is 0 Å². The van der Waals surface area contributed by atoms with Gasteiger partial charge in [0.1, 0.15) is 5.69 Å². The molecule has 0 aliphatic heterocycles. The quantitative estimate of drug-likeness (QED) is 0.0925. The Balaban J connectivity index is 1.37. The van der Waals surface area contributed by atoms with Crippen molar-refractivity contribution >= 4 is 29.4 Å². The van der Waals surface area contributed by atoms with E-state index in [2.05, 4.69) is 20.9 Å². The third kappa shape index (κ3) is 10.3. The van der Waals surface area contributed by atoms with E-state index in [0.717, 1.165) is 32.1 Å². The van der Waals surface area contributed by atoms with Gasteiger partial charge in [0.15, 0.2) is 6.10 Å². The van der Waals surface area contributed by atoms with Crippen LogP contribution in [-0.2, 0) is 37.0 Å². The molecule has 0 saturated heterocycles. The number of benzene rings is 1. The maximum Gasteiger partial charge on any atom is 0.339 e.